The molecule has 0 atom stereocenters. The summed E-state index contributed by atoms with van der Waals surface area (Å²) in [5.41, 5.74) is 6.57. The van der Waals surface area contributed by atoms with Gasteiger partial charge in [-0.25, -0.2) is 0 Å². The lowest BCUT2D eigenvalue weighted by atomic mass is 10.2. The van der Waals surface area contributed by atoms with E-state index >= 15 is 0 Å². The fourth-order valence-corrected chi connectivity index (χ4v) is 2.07. The van der Waals surface area contributed by atoms with Gasteiger partial charge in [-0.1, -0.05) is 23.2 Å². The Balaban J connectivity index is 2.06. The Morgan fingerprint density at radius 1 is 1.28 bits per heavy atom. The average molecular weight is 286 g/mol. The van der Waals surface area contributed by atoms with Crippen LogP contribution >= 0.6 is 23.2 Å². The van der Waals surface area contributed by atoms with Crippen molar-refractivity contribution in [3.8, 4) is 5.75 Å². The molecule has 2 rings (SSSR count). The molecule has 2 aromatic rings. The number of benzene rings is 1. The number of aryl methyl sites for hydroxylation is 1. The van der Waals surface area contributed by atoms with E-state index in [-0.39, 0.29) is 0 Å². The van der Waals surface area contributed by atoms with Gasteiger partial charge < -0.3 is 14.9 Å². The number of hydrogen-bond donors (Lipinski definition) is 1. The Morgan fingerprint density at radius 2 is 2.06 bits per heavy atom. The van der Waals surface area contributed by atoms with Gasteiger partial charge in [-0.2, -0.15) is 0 Å². The minimum absolute atomic E-state index is 0.308. The van der Waals surface area contributed by atoms with Crippen LogP contribution < -0.4 is 10.5 Å². The third-order valence-electron chi connectivity index (χ3n) is 2.52. The highest BCUT2D eigenvalue weighted by Crippen LogP contribution is 2.28. The number of furan rings is 1. The molecule has 3 nitrogen and oxygen atoms in total. The van der Waals surface area contributed by atoms with Crippen LogP contribution in [0.3, 0.4) is 0 Å². The zero-order valence-electron chi connectivity index (χ0n) is 9.87. The van der Waals surface area contributed by atoms with Crippen LogP contribution in [0.5, 0.6) is 5.75 Å². The SMILES string of the molecule is Cc1cc(COc2ccc(Cl)cc2Cl)oc1CN. The Labute approximate surface area is 115 Å². The second-order valence-corrected chi connectivity index (χ2v) is 4.73. The van der Waals surface area contributed by atoms with Crippen molar-refractivity contribution in [3.05, 3.63) is 51.4 Å². The molecule has 0 amide bonds. The third kappa shape index (κ3) is 2.99. The van der Waals surface area contributed by atoms with Crippen LogP contribution in [0.1, 0.15) is 17.1 Å². The fourth-order valence-electron chi connectivity index (χ4n) is 1.61. The Morgan fingerprint density at radius 3 is 2.67 bits per heavy atom. The molecule has 0 aliphatic rings. The maximum atomic E-state index is 6.00. The van der Waals surface area contributed by atoms with E-state index in [1.165, 1.54) is 0 Å². The summed E-state index contributed by atoms with van der Waals surface area (Å²) in [4.78, 5) is 0. The molecule has 0 saturated carbocycles. The highest BCUT2D eigenvalue weighted by Gasteiger charge is 2.08. The lowest BCUT2D eigenvalue weighted by Crippen LogP contribution is -1.96. The van der Waals surface area contributed by atoms with Gasteiger partial charge in [0.2, 0.25) is 0 Å². The summed E-state index contributed by atoms with van der Waals surface area (Å²) in [5, 5.41) is 1.05. The van der Waals surface area contributed by atoms with E-state index < -0.39 is 0 Å². The Kier molecular flexibility index (Phi) is 4.17. The van der Waals surface area contributed by atoms with Crippen LogP contribution in [-0.2, 0) is 13.2 Å². The molecular formula is C13H13Cl2NO2. The van der Waals surface area contributed by atoms with E-state index in [1.54, 1.807) is 18.2 Å². The lowest BCUT2D eigenvalue weighted by Gasteiger charge is -2.06. The topological polar surface area (TPSA) is 48.4 Å². The minimum atomic E-state index is 0.308. The second kappa shape index (κ2) is 5.65. The molecule has 18 heavy (non-hydrogen) atoms. The zero-order valence-corrected chi connectivity index (χ0v) is 11.4. The maximum Gasteiger partial charge on any atom is 0.146 e. The van der Waals surface area contributed by atoms with Crippen molar-refractivity contribution in [1.29, 1.82) is 0 Å². The molecule has 96 valence electrons. The van der Waals surface area contributed by atoms with Gasteiger partial charge in [0.1, 0.15) is 23.9 Å². The number of hydrogen-bond acceptors (Lipinski definition) is 3. The quantitative estimate of drug-likeness (QED) is 0.926. The van der Waals surface area contributed by atoms with Gasteiger partial charge in [0.25, 0.3) is 0 Å². The largest absolute Gasteiger partial charge is 0.484 e. The molecule has 0 spiro atoms. The molecule has 2 N–H and O–H groups in total. The number of ether oxygens (including phenoxy) is 1. The van der Waals surface area contributed by atoms with Crippen molar-refractivity contribution in [3.63, 3.8) is 0 Å². The molecule has 0 aliphatic carbocycles. The summed E-state index contributed by atoms with van der Waals surface area (Å²) in [6.07, 6.45) is 0. The van der Waals surface area contributed by atoms with E-state index in [9.17, 15) is 0 Å². The normalized spacial score (nSPS) is 10.7. The summed E-state index contributed by atoms with van der Waals surface area (Å²) in [6.45, 7) is 2.64. The lowest BCUT2D eigenvalue weighted by molar-refractivity contribution is 0.266. The van der Waals surface area contributed by atoms with Crippen LogP contribution in [0.2, 0.25) is 10.0 Å². The molecule has 1 heterocycles. The first-order chi connectivity index (χ1) is 8.60. The van der Waals surface area contributed by atoms with Crippen LogP contribution in [0.15, 0.2) is 28.7 Å². The first-order valence-corrected chi connectivity index (χ1v) is 6.22. The monoisotopic (exact) mass is 285 g/mol. The van der Waals surface area contributed by atoms with Crippen molar-refractivity contribution >= 4 is 23.2 Å². The standard InChI is InChI=1S/C13H13Cl2NO2/c1-8-4-10(18-13(8)6-16)7-17-12-3-2-9(14)5-11(12)15/h2-5H,6-7,16H2,1H3. The van der Waals surface area contributed by atoms with Crippen LogP contribution in [0.4, 0.5) is 0 Å². The van der Waals surface area contributed by atoms with Crippen LogP contribution in [0, 0.1) is 6.92 Å². The van der Waals surface area contributed by atoms with Crippen molar-refractivity contribution < 1.29 is 9.15 Å². The molecular weight excluding hydrogens is 273 g/mol. The van der Waals surface area contributed by atoms with Gasteiger partial charge >= 0.3 is 0 Å². The summed E-state index contributed by atoms with van der Waals surface area (Å²) in [7, 11) is 0. The predicted molar refractivity (Wildman–Crippen MR) is 72.1 cm³/mol. The predicted octanol–water partition coefficient (Wildman–Crippen LogP) is 3.93. The zero-order chi connectivity index (χ0) is 13.1. The summed E-state index contributed by atoms with van der Waals surface area (Å²) in [5.74, 6) is 2.07. The van der Waals surface area contributed by atoms with Crippen LogP contribution in [0.25, 0.3) is 0 Å². The van der Waals surface area contributed by atoms with Gasteiger partial charge in [0.05, 0.1) is 11.6 Å². The average Bonchev–Trinajstić information content (AvgIpc) is 2.69. The summed E-state index contributed by atoms with van der Waals surface area (Å²) >= 11 is 11.8. The molecule has 0 saturated heterocycles. The van der Waals surface area contributed by atoms with E-state index in [0.717, 1.165) is 17.1 Å². The number of halogens is 2. The van der Waals surface area contributed by atoms with Crippen molar-refractivity contribution in [2.24, 2.45) is 5.73 Å². The molecule has 0 fully saturated rings. The molecule has 0 aliphatic heterocycles. The Bertz CT molecular complexity index is 552. The molecule has 0 bridgehead atoms. The maximum absolute atomic E-state index is 6.00. The third-order valence-corrected chi connectivity index (χ3v) is 3.05. The number of nitrogens with two attached hydrogens (primary N) is 1. The van der Waals surface area contributed by atoms with Crippen LogP contribution in [-0.4, -0.2) is 0 Å². The van der Waals surface area contributed by atoms with E-state index in [4.69, 9.17) is 38.1 Å². The minimum Gasteiger partial charge on any atom is -0.484 e. The first-order valence-electron chi connectivity index (χ1n) is 5.46. The van der Waals surface area contributed by atoms with Gasteiger partial charge in [-0.3, -0.25) is 0 Å². The van der Waals surface area contributed by atoms with Crippen molar-refractivity contribution in [1.82, 2.24) is 0 Å². The van der Waals surface area contributed by atoms with Gasteiger partial charge in [-0.05, 0) is 36.8 Å². The van der Waals surface area contributed by atoms with E-state index in [1.807, 2.05) is 13.0 Å². The molecule has 5 heteroatoms. The summed E-state index contributed by atoms with van der Waals surface area (Å²) < 4.78 is 11.1. The van der Waals surface area contributed by atoms with Gasteiger partial charge in [-0.15, -0.1) is 0 Å². The van der Waals surface area contributed by atoms with Gasteiger partial charge in [0.15, 0.2) is 0 Å². The van der Waals surface area contributed by atoms with Crippen molar-refractivity contribution in [2.75, 3.05) is 0 Å². The summed E-state index contributed by atoms with van der Waals surface area (Å²) in [6, 6.07) is 6.99. The smallest absolute Gasteiger partial charge is 0.146 e. The first kappa shape index (κ1) is 13.3. The highest BCUT2D eigenvalue weighted by atomic mass is 35.5. The molecule has 1 aromatic heterocycles. The molecule has 1 aromatic carbocycles. The highest BCUT2D eigenvalue weighted by molar-refractivity contribution is 6.35. The Hall–Kier alpha value is -1.16. The van der Waals surface area contributed by atoms with Gasteiger partial charge in [0, 0.05) is 5.02 Å². The molecule has 0 unspecified atom stereocenters. The molecule has 0 radical (unpaired) electrons. The van der Waals surface area contributed by atoms with E-state index in [2.05, 4.69) is 0 Å². The van der Waals surface area contributed by atoms with E-state index in [0.29, 0.717) is 28.9 Å². The fraction of sp³-hybridized carbons (Fsp3) is 0.231. The second-order valence-electron chi connectivity index (χ2n) is 3.89. The van der Waals surface area contributed by atoms with Crippen molar-refractivity contribution in [2.45, 2.75) is 20.1 Å². The number of rotatable bonds is 4.